The van der Waals surface area contributed by atoms with Crippen molar-refractivity contribution in [2.75, 3.05) is 0 Å². The lowest BCUT2D eigenvalue weighted by Gasteiger charge is -2.12. The Morgan fingerprint density at radius 2 is 1.30 bits per heavy atom. The first kappa shape index (κ1) is 21.9. The first-order valence-electron chi connectivity index (χ1n) is 9.47. The van der Waals surface area contributed by atoms with Gasteiger partial charge in [0.15, 0.2) is 0 Å². The van der Waals surface area contributed by atoms with Crippen molar-refractivity contribution in [1.82, 2.24) is 0 Å². The van der Waals surface area contributed by atoms with E-state index in [1.165, 1.54) is 64.2 Å². The molecule has 1 unspecified atom stereocenters. The molecule has 136 valence electrons. The summed E-state index contributed by atoms with van der Waals surface area (Å²) in [5, 5.41) is 8.50. The van der Waals surface area contributed by atoms with Crippen molar-refractivity contribution < 1.29 is 19.4 Å². The Balaban J connectivity index is 3.30. The monoisotopic (exact) mass is 328 g/mol. The SMILES string of the molecule is CCCCCCCCCCCCCC(C)OC(=O)CCC(=O)O. The number of esters is 1. The van der Waals surface area contributed by atoms with Crippen LogP contribution in [0.4, 0.5) is 0 Å². The van der Waals surface area contributed by atoms with E-state index in [0.29, 0.717) is 0 Å². The zero-order valence-electron chi connectivity index (χ0n) is 15.1. The van der Waals surface area contributed by atoms with Crippen molar-refractivity contribution in [1.29, 1.82) is 0 Å². The molecule has 0 radical (unpaired) electrons. The highest BCUT2D eigenvalue weighted by Gasteiger charge is 2.10. The second-order valence-electron chi connectivity index (χ2n) is 6.52. The first-order valence-corrected chi connectivity index (χ1v) is 9.47. The van der Waals surface area contributed by atoms with E-state index in [9.17, 15) is 9.59 Å². The maximum absolute atomic E-state index is 11.4. The third-order valence-corrected chi connectivity index (χ3v) is 4.09. The van der Waals surface area contributed by atoms with Crippen LogP contribution in [-0.4, -0.2) is 23.1 Å². The quantitative estimate of drug-likeness (QED) is 0.301. The number of carbonyl (C=O) groups excluding carboxylic acids is 1. The predicted octanol–water partition coefficient (Wildman–Crippen LogP) is 5.48. The lowest BCUT2D eigenvalue weighted by molar-refractivity contribution is -0.151. The summed E-state index contributed by atoms with van der Waals surface area (Å²) >= 11 is 0. The van der Waals surface area contributed by atoms with Gasteiger partial charge in [0.05, 0.1) is 18.9 Å². The molecule has 0 heterocycles. The summed E-state index contributed by atoms with van der Waals surface area (Å²) in [6.07, 6.45) is 15.0. The largest absolute Gasteiger partial charge is 0.481 e. The number of hydrogen-bond acceptors (Lipinski definition) is 3. The van der Waals surface area contributed by atoms with Crippen LogP contribution in [0.25, 0.3) is 0 Å². The van der Waals surface area contributed by atoms with Gasteiger partial charge < -0.3 is 9.84 Å². The Kier molecular flexibility index (Phi) is 15.1. The van der Waals surface area contributed by atoms with Crippen LogP contribution >= 0.6 is 0 Å². The molecule has 0 saturated carbocycles. The van der Waals surface area contributed by atoms with Crippen molar-refractivity contribution >= 4 is 11.9 Å². The summed E-state index contributed by atoms with van der Waals surface area (Å²) in [6, 6.07) is 0. The Bertz CT molecular complexity index is 302. The van der Waals surface area contributed by atoms with Crippen LogP contribution in [0.5, 0.6) is 0 Å². The van der Waals surface area contributed by atoms with E-state index in [-0.39, 0.29) is 18.9 Å². The molecule has 0 amide bonds. The van der Waals surface area contributed by atoms with Gasteiger partial charge in [0.25, 0.3) is 0 Å². The van der Waals surface area contributed by atoms with E-state index >= 15 is 0 Å². The maximum Gasteiger partial charge on any atom is 0.306 e. The third-order valence-electron chi connectivity index (χ3n) is 4.09. The highest BCUT2D eigenvalue weighted by molar-refractivity contribution is 5.76. The number of carboxylic acids is 1. The number of carboxylic acid groups (broad SMARTS) is 1. The lowest BCUT2D eigenvalue weighted by Crippen LogP contribution is -2.15. The van der Waals surface area contributed by atoms with E-state index in [1.807, 2.05) is 6.92 Å². The molecular formula is C19H36O4. The molecule has 0 spiro atoms. The van der Waals surface area contributed by atoms with Crippen molar-refractivity contribution in [2.24, 2.45) is 0 Å². The minimum absolute atomic E-state index is 0.0298. The number of hydrogen-bond donors (Lipinski definition) is 1. The molecule has 0 fully saturated rings. The second-order valence-corrected chi connectivity index (χ2v) is 6.52. The van der Waals surface area contributed by atoms with Gasteiger partial charge in [-0.1, -0.05) is 71.1 Å². The summed E-state index contributed by atoms with van der Waals surface area (Å²) in [4.78, 5) is 21.7. The van der Waals surface area contributed by atoms with Gasteiger partial charge in [-0.05, 0) is 19.8 Å². The van der Waals surface area contributed by atoms with Gasteiger partial charge in [0.2, 0.25) is 0 Å². The number of carbonyl (C=O) groups is 2. The number of rotatable bonds is 16. The van der Waals surface area contributed by atoms with E-state index in [4.69, 9.17) is 9.84 Å². The van der Waals surface area contributed by atoms with Gasteiger partial charge in [-0.2, -0.15) is 0 Å². The fourth-order valence-electron chi connectivity index (χ4n) is 2.65. The number of unbranched alkanes of at least 4 members (excludes halogenated alkanes) is 10. The zero-order valence-corrected chi connectivity index (χ0v) is 15.1. The second kappa shape index (κ2) is 15.8. The average molecular weight is 328 g/mol. The van der Waals surface area contributed by atoms with Crippen LogP contribution in [-0.2, 0) is 14.3 Å². The summed E-state index contributed by atoms with van der Waals surface area (Å²) in [7, 11) is 0. The molecule has 1 atom stereocenters. The van der Waals surface area contributed by atoms with Crippen molar-refractivity contribution in [2.45, 2.75) is 110 Å². The molecule has 0 aliphatic rings. The first-order chi connectivity index (χ1) is 11.1. The van der Waals surface area contributed by atoms with Crippen LogP contribution in [0, 0.1) is 0 Å². The van der Waals surface area contributed by atoms with Crippen molar-refractivity contribution in [3.63, 3.8) is 0 Å². The Hall–Kier alpha value is -1.06. The molecule has 4 heteroatoms. The summed E-state index contributed by atoms with van der Waals surface area (Å²) in [5.41, 5.74) is 0. The molecule has 0 aromatic heterocycles. The van der Waals surface area contributed by atoms with Gasteiger partial charge in [0.1, 0.15) is 0 Å². The molecule has 0 aromatic rings. The fourth-order valence-corrected chi connectivity index (χ4v) is 2.65. The van der Waals surface area contributed by atoms with E-state index < -0.39 is 11.9 Å². The minimum atomic E-state index is -0.958. The molecule has 0 bridgehead atoms. The maximum atomic E-state index is 11.4. The van der Waals surface area contributed by atoms with E-state index in [2.05, 4.69) is 6.92 Å². The Morgan fingerprint density at radius 3 is 1.78 bits per heavy atom. The standard InChI is InChI=1S/C19H36O4/c1-3-4-5-6-7-8-9-10-11-12-13-14-17(2)23-19(22)16-15-18(20)21/h17H,3-16H2,1-2H3,(H,20,21). The smallest absolute Gasteiger partial charge is 0.306 e. The number of aliphatic carboxylic acids is 1. The molecule has 0 saturated heterocycles. The van der Waals surface area contributed by atoms with Gasteiger partial charge in [-0.15, -0.1) is 0 Å². The molecule has 23 heavy (non-hydrogen) atoms. The highest BCUT2D eigenvalue weighted by atomic mass is 16.5. The number of ether oxygens (including phenoxy) is 1. The molecule has 1 N–H and O–H groups in total. The zero-order chi connectivity index (χ0) is 17.3. The summed E-state index contributed by atoms with van der Waals surface area (Å²) in [5.74, 6) is -1.36. The van der Waals surface area contributed by atoms with Gasteiger partial charge in [0, 0.05) is 0 Å². The molecule has 0 rings (SSSR count). The molecule has 0 aromatic carbocycles. The van der Waals surface area contributed by atoms with Gasteiger partial charge >= 0.3 is 11.9 Å². The molecule has 4 nitrogen and oxygen atoms in total. The summed E-state index contributed by atoms with van der Waals surface area (Å²) in [6.45, 7) is 4.13. The minimum Gasteiger partial charge on any atom is -0.481 e. The van der Waals surface area contributed by atoms with Crippen LogP contribution < -0.4 is 0 Å². The Morgan fingerprint density at radius 1 is 0.826 bits per heavy atom. The molecule has 0 aliphatic carbocycles. The van der Waals surface area contributed by atoms with Crippen LogP contribution in [0.3, 0.4) is 0 Å². The molecule has 0 aliphatic heterocycles. The highest BCUT2D eigenvalue weighted by Crippen LogP contribution is 2.13. The Labute approximate surface area is 142 Å². The predicted molar refractivity (Wildman–Crippen MR) is 93.5 cm³/mol. The average Bonchev–Trinajstić information content (AvgIpc) is 2.50. The topological polar surface area (TPSA) is 63.6 Å². The normalized spacial score (nSPS) is 12.1. The third kappa shape index (κ3) is 17.1. The molecular weight excluding hydrogens is 292 g/mol. The van der Waals surface area contributed by atoms with E-state index in [1.54, 1.807) is 0 Å². The van der Waals surface area contributed by atoms with Gasteiger partial charge in [-0.25, -0.2) is 0 Å². The van der Waals surface area contributed by atoms with Crippen LogP contribution in [0.15, 0.2) is 0 Å². The van der Waals surface area contributed by atoms with E-state index in [0.717, 1.165) is 12.8 Å². The fraction of sp³-hybridized carbons (Fsp3) is 0.895. The summed E-state index contributed by atoms with van der Waals surface area (Å²) < 4.78 is 5.19. The van der Waals surface area contributed by atoms with Crippen molar-refractivity contribution in [3.05, 3.63) is 0 Å². The lowest BCUT2D eigenvalue weighted by atomic mass is 10.0. The van der Waals surface area contributed by atoms with Crippen LogP contribution in [0.1, 0.15) is 104 Å². The van der Waals surface area contributed by atoms with Crippen molar-refractivity contribution in [3.8, 4) is 0 Å². The van der Waals surface area contributed by atoms with Gasteiger partial charge in [-0.3, -0.25) is 9.59 Å². The van der Waals surface area contributed by atoms with Crippen LogP contribution in [0.2, 0.25) is 0 Å².